The SMILES string of the molecule is C=CC(=O)N1CCC(c2cc3nc(-c4cccc5[nH]ncc45)nc(N4CCOCC4)c3s2)CC1. The lowest BCUT2D eigenvalue weighted by atomic mass is 9.95. The molecule has 2 saturated heterocycles. The number of rotatable bonds is 4. The third-order valence-electron chi connectivity index (χ3n) is 6.79. The fourth-order valence-corrected chi connectivity index (χ4v) is 6.20. The molecule has 0 unspecified atom stereocenters. The lowest BCUT2D eigenvalue weighted by molar-refractivity contribution is -0.127. The summed E-state index contributed by atoms with van der Waals surface area (Å²) in [5.41, 5.74) is 2.93. The first-order valence-electron chi connectivity index (χ1n) is 11.7. The van der Waals surface area contributed by atoms with Gasteiger partial charge in [0, 0.05) is 42.0 Å². The molecular formula is C25H26N6O2S. The number of aromatic nitrogens is 4. The van der Waals surface area contributed by atoms with Crippen molar-refractivity contribution in [2.75, 3.05) is 44.3 Å². The van der Waals surface area contributed by atoms with Crippen LogP contribution in [0.5, 0.6) is 0 Å². The summed E-state index contributed by atoms with van der Waals surface area (Å²) in [5.74, 6) is 2.15. The highest BCUT2D eigenvalue weighted by Crippen LogP contribution is 2.40. The number of carbonyl (C=O) groups is 1. The number of benzene rings is 1. The number of anilines is 1. The Labute approximate surface area is 201 Å². The number of piperidine rings is 1. The summed E-state index contributed by atoms with van der Waals surface area (Å²) < 4.78 is 6.73. The quantitative estimate of drug-likeness (QED) is 0.451. The molecule has 2 fully saturated rings. The number of aromatic amines is 1. The van der Waals surface area contributed by atoms with Gasteiger partial charge in [-0.25, -0.2) is 9.97 Å². The Kier molecular flexibility index (Phi) is 5.50. The molecule has 5 heterocycles. The van der Waals surface area contributed by atoms with Gasteiger partial charge in [0.2, 0.25) is 5.91 Å². The molecule has 0 atom stereocenters. The summed E-state index contributed by atoms with van der Waals surface area (Å²) in [7, 11) is 0. The Morgan fingerprint density at radius 1 is 1.18 bits per heavy atom. The van der Waals surface area contributed by atoms with E-state index in [0.29, 0.717) is 19.1 Å². The average Bonchev–Trinajstić information content (AvgIpc) is 3.55. The molecule has 3 aromatic heterocycles. The highest BCUT2D eigenvalue weighted by Gasteiger charge is 2.26. The van der Waals surface area contributed by atoms with Crippen molar-refractivity contribution < 1.29 is 9.53 Å². The highest BCUT2D eigenvalue weighted by molar-refractivity contribution is 7.19. The van der Waals surface area contributed by atoms with Crippen LogP contribution in [0.15, 0.2) is 43.1 Å². The van der Waals surface area contributed by atoms with E-state index in [1.807, 2.05) is 23.2 Å². The van der Waals surface area contributed by atoms with Gasteiger partial charge in [0.15, 0.2) is 11.6 Å². The largest absolute Gasteiger partial charge is 0.378 e. The summed E-state index contributed by atoms with van der Waals surface area (Å²) >= 11 is 1.80. The van der Waals surface area contributed by atoms with E-state index in [4.69, 9.17) is 14.7 Å². The number of thiophene rings is 1. The first-order chi connectivity index (χ1) is 16.7. The zero-order valence-electron chi connectivity index (χ0n) is 18.9. The van der Waals surface area contributed by atoms with Crippen LogP contribution in [0.2, 0.25) is 0 Å². The van der Waals surface area contributed by atoms with Crippen molar-refractivity contribution in [2.45, 2.75) is 18.8 Å². The van der Waals surface area contributed by atoms with Gasteiger partial charge in [0.25, 0.3) is 0 Å². The second-order valence-electron chi connectivity index (χ2n) is 8.77. The fourth-order valence-electron chi connectivity index (χ4n) is 4.92. The minimum absolute atomic E-state index is 0.0216. The molecule has 6 rings (SSSR count). The zero-order chi connectivity index (χ0) is 23.1. The molecule has 8 nitrogen and oxygen atoms in total. The third-order valence-corrected chi connectivity index (χ3v) is 8.08. The average molecular weight is 475 g/mol. The van der Waals surface area contributed by atoms with E-state index in [0.717, 1.165) is 77.3 Å². The Hall–Kier alpha value is -3.30. The smallest absolute Gasteiger partial charge is 0.245 e. The standard InChI is InChI=1S/C25H26N6O2S/c1-2-22(32)30-8-6-16(7-9-30)21-14-20-23(34-21)25(31-10-12-33-13-11-31)28-24(27-20)17-4-3-5-19-18(17)15-26-29-19/h2-5,14-16H,1,6-13H2,(H,26,29). The lowest BCUT2D eigenvalue weighted by Crippen LogP contribution is -2.37. The molecule has 0 bridgehead atoms. The van der Waals surface area contributed by atoms with Crippen LogP contribution in [0, 0.1) is 0 Å². The molecule has 0 saturated carbocycles. The van der Waals surface area contributed by atoms with Crippen LogP contribution in [-0.2, 0) is 9.53 Å². The summed E-state index contributed by atoms with van der Waals surface area (Å²) in [5, 5.41) is 8.27. The van der Waals surface area contributed by atoms with Gasteiger partial charge in [-0.15, -0.1) is 11.3 Å². The number of H-pyrrole nitrogens is 1. The van der Waals surface area contributed by atoms with E-state index in [-0.39, 0.29) is 5.91 Å². The second kappa shape index (κ2) is 8.81. The molecule has 1 amide bonds. The normalized spacial score (nSPS) is 17.5. The van der Waals surface area contributed by atoms with Crippen LogP contribution in [0.25, 0.3) is 32.5 Å². The number of nitrogens with zero attached hydrogens (tertiary/aromatic N) is 5. The van der Waals surface area contributed by atoms with Crippen molar-refractivity contribution in [3.8, 4) is 11.4 Å². The summed E-state index contributed by atoms with van der Waals surface area (Å²) in [6, 6.07) is 8.32. The first-order valence-corrected chi connectivity index (χ1v) is 12.5. The van der Waals surface area contributed by atoms with Gasteiger partial charge in [-0.3, -0.25) is 9.89 Å². The number of carbonyl (C=O) groups excluding carboxylic acids is 1. The van der Waals surface area contributed by atoms with Gasteiger partial charge < -0.3 is 14.5 Å². The molecular weight excluding hydrogens is 448 g/mol. The van der Waals surface area contributed by atoms with Crippen LogP contribution >= 0.6 is 11.3 Å². The summed E-state index contributed by atoms with van der Waals surface area (Å²) in [6.45, 7) is 8.18. The Morgan fingerprint density at radius 2 is 2.00 bits per heavy atom. The molecule has 0 radical (unpaired) electrons. The number of fused-ring (bicyclic) bond motifs is 2. The van der Waals surface area contributed by atoms with Crippen LogP contribution in [0.1, 0.15) is 23.6 Å². The molecule has 1 aromatic carbocycles. The van der Waals surface area contributed by atoms with Gasteiger partial charge in [-0.1, -0.05) is 18.7 Å². The van der Waals surface area contributed by atoms with Gasteiger partial charge in [-0.2, -0.15) is 5.10 Å². The van der Waals surface area contributed by atoms with Crippen LogP contribution in [0.4, 0.5) is 5.82 Å². The molecule has 0 aliphatic carbocycles. The van der Waals surface area contributed by atoms with Crippen molar-refractivity contribution >= 4 is 44.2 Å². The molecule has 1 N–H and O–H groups in total. The number of hydrogen-bond donors (Lipinski definition) is 1. The number of ether oxygens (including phenoxy) is 1. The van der Waals surface area contributed by atoms with E-state index in [1.165, 1.54) is 11.0 Å². The lowest BCUT2D eigenvalue weighted by Gasteiger charge is -2.30. The molecule has 34 heavy (non-hydrogen) atoms. The van der Waals surface area contributed by atoms with E-state index in [9.17, 15) is 4.79 Å². The van der Waals surface area contributed by atoms with Crippen LogP contribution in [0.3, 0.4) is 0 Å². The Balaban J connectivity index is 1.41. The Bertz CT molecular complexity index is 1360. The van der Waals surface area contributed by atoms with E-state index < -0.39 is 0 Å². The van der Waals surface area contributed by atoms with E-state index in [1.54, 1.807) is 11.3 Å². The minimum atomic E-state index is 0.0216. The van der Waals surface area contributed by atoms with Crippen LogP contribution in [-0.4, -0.2) is 70.4 Å². The minimum Gasteiger partial charge on any atom is -0.378 e. The summed E-state index contributed by atoms with van der Waals surface area (Å²) in [4.78, 5) is 27.6. The number of hydrogen-bond acceptors (Lipinski definition) is 7. The number of amides is 1. The van der Waals surface area contributed by atoms with Crippen molar-refractivity contribution in [3.63, 3.8) is 0 Å². The monoisotopic (exact) mass is 474 g/mol. The maximum absolute atomic E-state index is 12.0. The Morgan fingerprint density at radius 3 is 2.79 bits per heavy atom. The van der Waals surface area contributed by atoms with Crippen molar-refractivity contribution in [1.29, 1.82) is 0 Å². The number of likely N-dealkylation sites (tertiary alicyclic amines) is 1. The molecule has 2 aliphatic heterocycles. The second-order valence-corrected chi connectivity index (χ2v) is 9.86. The molecule has 9 heteroatoms. The fraction of sp³-hybridized carbons (Fsp3) is 0.360. The van der Waals surface area contributed by atoms with Crippen molar-refractivity contribution in [1.82, 2.24) is 25.1 Å². The maximum atomic E-state index is 12.0. The van der Waals surface area contributed by atoms with Crippen LogP contribution < -0.4 is 4.90 Å². The predicted molar refractivity (Wildman–Crippen MR) is 134 cm³/mol. The first kappa shape index (κ1) is 21.2. The zero-order valence-corrected chi connectivity index (χ0v) is 19.7. The molecule has 4 aromatic rings. The summed E-state index contributed by atoms with van der Waals surface area (Å²) in [6.07, 6.45) is 5.15. The predicted octanol–water partition coefficient (Wildman–Crippen LogP) is 3.96. The van der Waals surface area contributed by atoms with E-state index >= 15 is 0 Å². The topological polar surface area (TPSA) is 87.2 Å². The maximum Gasteiger partial charge on any atom is 0.245 e. The van der Waals surface area contributed by atoms with Crippen molar-refractivity contribution in [2.24, 2.45) is 0 Å². The van der Waals surface area contributed by atoms with E-state index in [2.05, 4.69) is 33.8 Å². The number of nitrogens with one attached hydrogen (secondary N) is 1. The molecule has 2 aliphatic rings. The van der Waals surface area contributed by atoms with Gasteiger partial charge >= 0.3 is 0 Å². The van der Waals surface area contributed by atoms with Crippen molar-refractivity contribution in [3.05, 3.63) is 48.0 Å². The molecule has 0 spiro atoms. The van der Waals surface area contributed by atoms with Gasteiger partial charge in [0.05, 0.1) is 35.1 Å². The highest BCUT2D eigenvalue weighted by atomic mass is 32.1. The van der Waals surface area contributed by atoms with Gasteiger partial charge in [-0.05, 0) is 37.0 Å². The molecule has 174 valence electrons. The third kappa shape index (κ3) is 3.74. The number of morpholine rings is 1. The van der Waals surface area contributed by atoms with Gasteiger partial charge in [0.1, 0.15) is 0 Å².